The Morgan fingerprint density at radius 1 is 1.12 bits per heavy atom. The highest BCUT2D eigenvalue weighted by Gasteiger charge is 2.18. The molecule has 0 amide bonds. The Bertz CT molecular complexity index is 492. The summed E-state index contributed by atoms with van der Waals surface area (Å²) in [6.07, 6.45) is -0.780. The van der Waals surface area contributed by atoms with Crippen LogP contribution >= 0.6 is 50.5 Å². The fraction of sp³-hybridized carbons (Fsp3) is 0.0909. The molecular weight excluding hydrogens is 331 g/mol. The van der Waals surface area contributed by atoms with Crippen molar-refractivity contribution in [2.45, 2.75) is 6.10 Å². The van der Waals surface area contributed by atoms with Gasteiger partial charge in [0.2, 0.25) is 0 Å². The number of rotatable bonds is 2. The highest BCUT2D eigenvalue weighted by molar-refractivity contribution is 9.11. The van der Waals surface area contributed by atoms with Crippen LogP contribution in [-0.2, 0) is 0 Å². The van der Waals surface area contributed by atoms with Crippen LogP contribution in [0.2, 0.25) is 10.0 Å². The van der Waals surface area contributed by atoms with Crippen molar-refractivity contribution in [1.82, 2.24) is 0 Å². The molecule has 1 heterocycles. The van der Waals surface area contributed by atoms with Gasteiger partial charge < -0.3 is 5.11 Å². The van der Waals surface area contributed by atoms with Gasteiger partial charge in [0.25, 0.3) is 0 Å². The summed E-state index contributed by atoms with van der Waals surface area (Å²) < 4.78 is 0.963. The Morgan fingerprint density at radius 2 is 1.75 bits per heavy atom. The van der Waals surface area contributed by atoms with E-state index in [9.17, 15) is 5.11 Å². The Hall–Kier alpha value is -0.0600. The first kappa shape index (κ1) is 12.4. The number of hydrogen-bond donors (Lipinski definition) is 1. The van der Waals surface area contributed by atoms with E-state index in [1.807, 2.05) is 12.1 Å². The zero-order chi connectivity index (χ0) is 11.7. The van der Waals surface area contributed by atoms with E-state index in [0.29, 0.717) is 15.6 Å². The Balaban J connectivity index is 2.45. The molecule has 16 heavy (non-hydrogen) atoms. The Morgan fingerprint density at radius 3 is 2.25 bits per heavy atom. The molecule has 0 aliphatic rings. The summed E-state index contributed by atoms with van der Waals surface area (Å²) in [5, 5.41) is 11.1. The van der Waals surface area contributed by atoms with Crippen molar-refractivity contribution in [1.29, 1.82) is 0 Å². The summed E-state index contributed by atoms with van der Waals surface area (Å²) in [7, 11) is 0. The van der Waals surface area contributed by atoms with Gasteiger partial charge in [-0.05, 0) is 40.2 Å². The third-order valence-corrected chi connectivity index (χ3v) is 4.47. The smallest absolute Gasteiger partial charge is 0.116 e. The standard InChI is InChI=1S/C11H7BrCl2OS/c12-9-5-4-8(16-9)11(15)10-6(13)2-1-3-7(10)14/h1-5,11,15H. The molecule has 2 rings (SSSR count). The lowest BCUT2D eigenvalue weighted by atomic mass is 10.1. The molecular formula is C11H7BrCl2OS. The van der Waals surface area contributed by atoms with Crippen molar-refractivity contribution in [3.63, 3.8) is 0 Å². The molecule has 0 aliphatic carbocycles. The van der Waals surface area contributed by atoms with Crippen LogP contribution in [-0.4, -0.2) is 5.11 Å². The van der Waals surface area contributed by atoms with Gasteiger partial charge in [-0.15, -0.1) is 11.3 Å². The van der Waals surface area contributed by atoms with Crippen molar-refractivity contribution < 1.29 is 5.11 Å². The fourth-order valence-corrected chi connectivity index (χ4v) is 3.41. The number of thiophene rings is 1. The van der Waals surface area contributed by atoms with Crippen LogP contribution in [0.1, 0.15) is 16.5 Å². The molecule has 1 nitrogen and oxygen atoms in total. The minimum absolute atomic E-state index is 0.476. The molecule has 0 fully saturated rings. The number of aliphatic hydroxyl groups is 1. The van der Waals surface area contributed by atoms with Gasteiger partial charge in [0, 0.05) is 20.5 Å². The molecule has 0 spiro atoms. The summed E-state index contributed by atoms with van der Waals surface area (Å²) >= 11 is 16.9. The van der Waals surface area contributed by atoms with Crippen molar-refractivity contribution >= 4 is 50.5 Å². The van der Waals surface area contributed by atoms with Gasteiger partial charge in [0.1, 0.15) is 6.10 Å². The van der Waals surface area contributed by atoms with Crippen LogP contribution in [0.15, 0.2) is 34.1 Å². The van der Waals surface area contributed by atoms with Crippen LogP contribution < -0.4 is 0 Å². The normalized spacial score (nSPS) is 12.8. The average molecular weight is 338 g/mol. The van der Waals surface area contributed by atoms with E-state index in [-0.39, 0.29) is 0 Å². The summed E-state index contributed by atoms with van der Waals surface area (Å²) in [5.74, 6) is 0. The lowest BCUT2D eigenvalue weighted by Crippen LogP contribution is -1.98. The highest BCUT2D eigenvalue weighted by atomic mass is 79.9. The predicted octanol–water partition coefficient (Wildman–Crippen LogP) is 4.90. The first-order chi connectivity index (χ1) is 7.59. The first-order valence-electron chi connectivity index (χ1n) is 4.47. The predicted molar refractivity (Wildman–Crippen MR) is 72.5 cm³/mol. The second-order valence-electron chi connectivity index (χ2n) is 3.18. The minimum atomic E-state index is -0.780. The molecule has 1 aromatic carbocycles. The van der Waals surface area contributed by atoms with E-state index in [1.54, 1.807) is 18.2 Å². The first-order valence-corrected chi connectivity index (χ1v) is 6.83. The van der Waals surface area contributed by atoms with Crippen molar-refractivity contribution in [2.24, 2.45) is 0 Å². The van der Waals surface area contributed by atoms with E-state index in [0.717, 1.165) is 8.66 Å². The Labute approximate surface area is 116 Å². The summed E-state index contributed by atoms with van der Waals surface area (Å²) in [5.41, 5.74) is 0.556. The zero-order valence-corrected chi connectivity index (χ0v) is 11.9. The number of hydrogen-bond acceptors (Lipinski definition) is 2. The van der Waals surface area contributed by atoms with Gasteiger partial charge in [-0.25, -0.2) is 0 Å². The maximum Gasteiger partial charge on any atom is 0.116 e. The molecule has 2 aromatic rings. The van der Waals surface area contributed by atoms with Crippen molar-refractivity contribution in [2.75, 3.05) is 0 Å². The molecule has 0 saturated heterocycles. The minimum Gasteiger partial charge on any atom is -0.383 e. The second kappa shape index (κ2) is 5.07. The van der Waals surface area contributed by atoms with Gasteiger partial charge in [0.05, 0.1) is 3.79 Å². The van der Waals surface area contributed by atoms with E-state index in [1.165, 1.54) is 11.3 Å². The molecule has 0 aliphatic heterocycles. The van der Waals surface area contributed by atoms with Crippen LogP contribution in [0.4, 0.5) is 0 Å². The fourth-order valence-electron chi connectivity index (χ4n) is 1.39. The van der Waals surface area contributed by atoms with Crippen LogP contribution in [0.5, 0.6) is 0 Å². The zero-order valence-electron chi connectivity index (χ0n) is 7.95. The van der Waals surface area contributed by atoms with Crippen molar-refractivity contribution in [3.05, 3.63) is 54.6 Å². The highest BCUT2D eigenvalue weighted by Crippen LogP contribution is 2.37. The van der Waals surface area contributed by atoms with Crippen LogP contribution in [0.3, 0.4) is 0 Å². The average Bonchev–Trinajstić information content (AvgIpc) is 2.64. The monoisotopic (exact) mass is 336 g/mol. The molecule has 5 heteroatoms. The molecule has 1 unspecified atom stereocenters. The molecule has 1 aromatic heterocycles. The summed E-state index contributed by atoms with van der Waals surface area (Å²) in [4.78, 5) is 0.807. The van der Waals surface area contributed by atoms with Crippen LogP contribution in [0, 0.1) is 0 Å². The topological polar surface area (TPSA) is 20.2 Å². The molecule has 1 atom stereocenters. The van der Waals surface area contributed by atoms with E-state index >= 15 is 0 Å². The second-order valence-corrected chi connectivity index (χ2v) is 6.49. The third-order valence-electron chi connectivity index (χ3n) is 2.14. The summed E-state index contributed by atoms with van der Waals surface area (Å²) in [6, 6.07) is 8.92. The number of aliphatic hydroxyl groups excluding tert-OH is 1. The van der Waals surface area contributed by atoms with E-state index < -0.39 is 6.10 Å². The summed E-state index contributed by atoms with van der Waals surface area (Å²) in [6.45, 7) is 0. The molecule has 0 saturated carbocycles. The van der Waals surface area contributed by atoms with Gasteiger partial charge in [-0.3, -0.25) is 0 Å². The van der Waals surface area contributed by atoms with Crippen molar-refractivity contribution in [3.8, 4) is 0 Å². The number of halogens is 3. The molecule has 84 valence electrons. The maximum absolute atomic E-state index is 10.2. The van der Waals surface area contributed by atoms with Gasteiger partial charge in [-0.1, -0.05) is 29.3 Å². The van der Waals surface area contributed by atoms with Gasteiger partial charge in [-0.2, -0.15) is 0 Å². The molecule has 0 radical (unpaired) electrons. The lowest BCUT2D eigenvalue weighted by Gasteiger charge is -2.12. The quantitative estimate of drug-likeness (QED) is 0.826. The lowest BCUT2D eigenvalue weighted by molar-refractivity contribution is 0.224. The third kappa shape index (κ3) is 2.44. The molecule has 1 N–H and O–H groups in total. The SMILES string of the molecule is OC(c1ccc(Br)s1)c1c(Cl)cccc1Cl. The van der Waals surface area contributed by atoms with E-state index in [2.05, 4.69) is 15.9 Å². The van der Waals surface area contributed by atoms with Gasteiger partial charge >= 0.3 is 0 Å². The Kier molecular flexibility index (Phi) is 3.93. The molecule has 0 bridgehead atoms. The number of benzene rings is 1. The van der Waals surface area contributed by atoms with E-state index in [4.69, 9.17) is 23.2 Å². The van der Waals surface area contributed by atoms with Crippen LogP contribution in [0.25, 0.3) is 0 Å². The largest absolute Gasteiger partial charge is 0.383 e. The maximum atomic E-state index is 10.2. The van der Waals surface area contributed by atoms with Gasteiger partial charge in [0.15, 0.2) is 0 Å².